The van der Waals surface area contributed by atoms with Gasteiger partial charge in [-0.1, -0.05) is 131 Å². The van der Waals surface area contributed by atoms with Gasteiger partial charge in [0.15, 0.2) is 0 Å². The summed E-state index contributed by atoms with van der Waals surface area (Å²) in [5.74, 6) is -1.13. The molecule has 69 heavy (non-hydrogen) atoms. The molecule has 0 spiro atoms. The van der Waals surface area contributed by atoms with Gasteiger partial charge in [0.1, 0.15) is 11.6 Å². The van der Waals surface area contributed by atoms with E-state index >= 15 is 8.78 Å². The second kappa shape index (κ2) is 14.4. The predicted octanol–water partition coefficient (Wildman–Crippen LogP) is 16.0. The Morgan fingerprint density at radius 2 is 0.928 bits per heavy atom. The van der Waals surface area contributed by atoms with Gasteiger partial charge in [-0.15, -0.1) is 0 Å². The molecule has 0 unspecified atom stereocenters. The molecule has 4 aliphatic carbocycles. The monoisotopic (exact) mass is 915 g/mol. The van der Waals surface area contributed by atoms with Crippen LogP contribution in [0.15, 0.2) is 103 Å². The summed E-state index contributed by atoms with van der Waals surface area (Å²) in [6.07, 6.45) is 7.46. The Hall–Kier alpha value is -5.42. The third-order valence-corrected chi connectivity index (χ3v) is 18.6. The molecule has 0 amide bonds. The topological polar surface area (TPSA) is 6.48 Å². The van der Waals surface area contributed by atoms with Gasteiger partial charge >= 0.3 is 0 Å². The molecule has 6 aliphatic rings. The smallest absolute Gasteiger partial charge is 0.247 e. The summed E-state index contributed by atoms with van der Waals surface area (Å²) in [5, 5.41) is 0. The van der Waals surface area contributed by atoms with E-state index in [0.29, 0.717) is 5.69 Å². The number of rotatable bonds is 3. The van der Waals surface area contributed by atoms with Crippen LogP contribution in [0, 0.1) is 18.6 Å². The molecule has 0 bridgehead atoms. The quantitative estimate of drug-likeness (QED) is 0.163. The molecule has 0 saturated carbocycles. The number of hydrogen-bond donors (Lipinski definition) is 0. The number of fused-ring (bicyclic) bond motifs is 8. The molecule has 0 saturated heterocycles. The van der Waals surface area contributed by atoms with Gasteiger partial charge in [-0.3, -0.25) is 0 Å². The van der Waals surface area contributed by atoms with Crippen molar-refractivity contribution in [1.29, 1.82) is 0 Å². The van der Waals surface area contributed by atoms with Crippen molar-refractivity contribution in [3.05, 3.63) is 164 Å². The summed E-state index contributed by atoms with van der Waals surface area (Å²) in [5.41, 5.74) is 24.3. The Balaban J connectivity index is 1.23. The summed E-state index contributed by atoms with van der Waals surface area (Å²) < 4.78 is 32.1. The van der Waals surface area contributed by atoms with Crippen LogP contribution in [0.25, 0.3) is 16.8 Å². The van der Waals surface area contributed by atoms with Crippen LogP contribution >= 0.6 is 0 Å². The summed E-state index contributed by atoms with van der Waals surface area (Å²) in [6.45, 7) is 31.2. The molecule has 0 N–H and O–H groups in total. The van der Waals surface area contributed by atoms with E-state index in [-0.39, 0.29) is 39.2 Å². The van der Waals surface area contributed by atoms with Crippen LogP contribution in [0.5, 0.6) is 0 Å². The molecule has 6 aromatic rings. The fourth-order valence-electron chi connectivity index (χ4n) is 14.0. The van der Waals surface area contributed by atoms with E-state index in [1.165, 1.54) is 89.5 Å². The highest BCUT2D eigenvalue weighted by Gasteiger charge is 2.51. The van der Waals surface area contributed by atoms with E-state index in [1.54, 1.807) is 6.07 Å². The minimum absolute atomic E-state index is 0.0126. The van der Waals surface area contributed by atoms with Gasteiger partial charge in [-0.25, -0.2) is 8.78 Å². The normalized spacial score (nSPS) is 21.1. The second-order valence-electron chi connectivity index (χ2n) is 26.1. The first-order valence-electron chi connectivity index (χ1n) is 25.9. The summed E-state index contributed by atoms with van der Waals surface area (Å²) in [4.78, 5) is 4.84. The molecule has 2 heterocycles. The maximum absolute atomic E-state index is 17.0. The highest BCUT2D eigenvalue weighted by Crippen LogP contribution is 2.58. The molecule has 0 radical (unpaired) electrons. The van der Waals surface area contributed by atoms with Crippen LogP contribution in [0.3, 0.4) is 0 Å². The Kier molecular flexibility index (Phi) is 9.31. The molecule has 352 valence electrons. The average Bonchev–Trinajstić information content (AvgIpc) is 3.66. The molecule has 5 heteroatoms. The molecular weight excluding hydrogens is 846 g/mol. The van der Waals surface area contributed by atoms with E-state index in [2.05, 4.69) is 179 Å². The third kappa shape index (κ3) is 6.46. The molecule has 0 fully saturated rings. The molecule has 2 nitrogen and oxygen atoms in total. The van der Waals surface area contributed by atoms with E-state index < -0.39 is 11.6 Å². The van der Waals surface area contributed by atoms with Gasteiger partial charge in [-0.05, 0) is 194 Å². The Morgan fingerprint density at radius 3 is 1.48 bits per heavy atom. The minimum atomic E-state index is -0.571. The van der Waals surface area contributed by atoms with Gasteiger partial charge in [0, 0.05) is 40.0 Å². The Labute approximate surface area is 411 Å². The number of nitrogens with zero attached hydrogens (tertiary/aromatic N) is 2. The zero-order chi connectivity index (χ0) is 48.7. The molecular formula is C64H69BF2N2. The number of benzene rings is 6. The van der Waals surface area contributed by atoms with Crippen molar-refractivity contribution in [3.8, 4) is 11.1 Å². The van der Waals surface area contributed by atoms with E-state index in [9.17, 15) is 0 Å². The molecule has 2 aliphatic heterocycles. The zero-order valence-corrected chi connectivity index (χ0v) is 43.4. The first-order chi connectivity index (χ1) is 32.4. The summed E-state index contributed by atoms with van der Waals surface area (Å²) >= 11 is 0. The standard InChI is InChI=1S/C64H69BF2N2/c1-37-27-55-57-56(28-37)69(52-20-19-40(66)31-51(52)67)58-42-33-45-43(59(2,3)21-22-61(45,6)7)29-39(42)30-50(58)65(57)49-34-46-48(64(12,13)26-24-62(46,8)9)36-54(49)68(55)53-35-47-44(60(4,5)23-25-63(47,10)11)32-41(53)38-17-15-14-16-18-38/h14-20,27-29,31-36H,21-26,30H2,1-13H3. The van der Waals surface area contributed by atoms with Crippen molar-refractivity contribution in [2.75, 3.05) is 9.80 Å². The molecule has 0 atom stereocenters. The van der Waals surface area contributed by atoms with Crippen molar-refractivity contribution in [1.82, 2.24) is 0 Å². The van der Waals surface area contributed by atoms with Gasteiger partial charge in [0.2, 0.25) is 6.71 Å². The van der Waals surface area contributed by atoms with Crippen LogP contribution in [0.2, 0.25) is 0 Å². The average molecular weight is 915 g/mol. The third-order valence-electron chi connectivity index (χ3n) is 18.6. The number of hydrogen-bond acceptors (Lipinski definition) is 2. The number of aryl methyl sites for hydroxylation is 1. The maximum Gasteiger partial charge on any atom is 0.247 e. The lowest BCUT2D eigenvalue weighted by Gasteiger charge is -2.48. The van der Waals surface area contributed by atoms with Crippen molar-refractivity contribution < 1.29 is 8.78 Å². The van der Waals surface area contributed by atoms with Crippen LogP contribution in [-0.4, -0.2) is 6.71 Å². The second-order valence-corrected chi connectivity index (χ2v) is 26.1. The maximum atomic E-state index is 17.0. The SMILES string of the molecule is Cc1cc2c3c(c1)N(c1cc4c(cc1-c1ccccc1)C(C)(C)CCC4(C)C)c1cc4c(cc1B3C1=C(c3cc5c(cc3C1)C(C)(C)CCC5(C)C)N2c1ccc(F)cc1F)C(C)(C)CCC4(C)C. The Morgan fingerprint density at radius 1 is 0.449 bits per heavy atom. The number of halogens is 2. The van der Waals surface area contributed by atoms with Crippen molar-refractivity contribution >= 4 is 51.8 Å². The van der Waals surface area contributed by atoms with Gasteiger partial charge < -0.3 is 9.80 Å². The fraction of sp³-hybridized carbons (Fsp3) is 0.406. The minimum Gasteiger partial charge on any atom is -0.311 e. The molecule has 6 aromatic carbocycles. The van der Waals surface area contributed by atoms with Crippen molar-refractivity contribution in [3.63, 3.8) is 0 Å². The van der Waals surface area contributed by atoms with Gasteiger partial charge in [-0.2, -0.15) is 0 Å². The highest BCUT2D eigenvalue weighted by molar-refractivity contribution is 6.96. The van der Waals surface area contributed by atoms with Gasteiger partial charge in [0.05, 0.1) is 11.4 Å². The first kappa shape index (κ1) is 44.8. The zero-order valence-electron chi connectivity index (χ0n) is 43.4. The van der Waals surface area contributed by atoms with Gasteiger partial charge in [0.25, 0.3) is 0 Å². The van der Waals surface area contributed by atoms with E-state index in [1.807, 2.05) is 0 Å². The first-order valence-corrected chi connectivity index (χ1v) is 25.9. The fourth-order valence-corrected chi connectivity index (χ4v) is 14.0. The van der Waals surface area contributed by atoms with Crippen LogP contribution < -0.4 is 20.7 Å². The van der Waals surface area contributed by atoms with E-state index in [4.69, 9.17) is 0 Å². The predicted molar refractivity (Wildman–Crippen MR) is 288 cm³/mol. The van der Waals surface area contributed by atoms with Crippen molar-refractivity contribution in [2.24, 2.45) is 0 Å². The lowest BCUT2D eigenvalue weighted by molar-refractivity contribution is 0.331. The number of anilines is 5. The number of allylic oxidation sites excluding steroid dienone is 1. The largest absolute Gasteiger partial charge is 0.311 e. The lowest BCUT2D eigenvalue weighted by atomic mass is 9.32. The molecule has 12 rings (SSSR count). The highest BCUT2D eigenvalue weighted by atomic mass is 19.1. The summed E-state index contributed by atoms with van der Waals surface area (Å²) in [7, 11) is 0. The van der Waals surface area contributed by atoms with Crippen LogP contribution in [-0.2, 0) is 38.9 Å². The summed E-state index contributed by atoms with van der Waals surface area (Å²) in [6, 6.07) is 35.2. The van der Waals surface area contributed by atoms with E-state index in [0.717, 1.165) is 73.6 Å². The molecule has 0 aromatic heterocycles. The van der Waals surface area contributed by atoms with Crippen LogP contribution in [0.1, 0.15) is 172 Å². The van der Waals surface area contributed by atoms with Crippen molar-refractivity contribution in [2.45, 2.75) is 167 Å². The van der Waals surface area contributed by atoms with Crippen LogP contribution in [0.4, 0.5) is 37.2 Å². The Bertz CT molecular complexity index is 3250. The lowest BCUT2D eigenvalue weighted by Crippen LogP contribution is -2.56.